The first-order chi connectivity index (χ1) is 21.2. The molecule has 2 bridgehead atoms. The molecule has 7 aliphatic rings. The topological polar surface area (TPSA) is 221 Å². The first-order valence-electron chi connectivity index (χ1n) is 14.2. The van der Waals surface area contributed by atoms with Crippen LogP contribution >= 0.6 is 11.6 Å². The molecule has 0 aromatic heterocycles. The third-order valence-electron chi connectivity index (χ3n) is 10.8. The van der Waals surface area contributed by atoms with Crippen molar-refractivity contribution < 1.29 is 64.0 Å². The molecule has 8 atom stereocenters. The molecule has 1 spiro atoms. The summed E-state index contributed by atoms with van der Waals surface area (Å²) in [5.74, 6) is -9.63. The van der Waals surface area contributed by atoms with E-state index >= 15 is 0 Å². The fraction of sp³-hybridized carbons (Fsp3) is 0.419. The van der Waals surface area contributed by atoms with Gasteiger partial charge < -0.3 is 44.8 Å². The molecule has 234 valence electrons. The van der Waals surface area contributed by atoms with Crippen LogP contribution in [0.15, 0.2) is 17.7 Å². The summed E-state index contributed by atoms with van der Waals surface area (Å²) in [6.45, 7) is 1.58. The van der Waals surface area contributed by atoms with Crippen molar-refractivity contribution >= 4 is 40.7 Å². The number of benzene rings is 2. The number of aromatic hydroxyl groups is 3. The van der Waals surface area contributed by atoms with Crippen LogP contribution in [0.1, 0.15) is 63.1 Å². The minimum Gasteiger partial charge on any atom is -0.507 e. The van der Waals surface area contributed by atoms with E-state index in [2.05, 4.69) is 0 Å². The molecule has 14 heteroatoms. The Labute approximate surface area is 258 Å². The number of aliphatic hydroxyl groups excluding tert-OH is 3. The van der Waals surface area contributed by atoms with Crippen LogP contribution in [-0.2, 0) is 25.5 Å². The average Bonchev–Trinajstić information content (AvgIpc) is 3.73. The number of phenols is 3. The number of carbonyl (C=O) groups is 4. The lowest BCUT2D eigenvalue weighted by molar-refractivity contribution is -0.169. The summed E-state index contributed by atoms with van der Waals surface area (Å²) in [5.41, 5.74) is -7.87. The zero-order chi connectivity index (χ0) is 32.3. The summed E-state index contributed by atoms with van der Waals surface area (Å²) in [6.07, 6.45) is -5.40. The number of esters is 1. The highest BCUT2D eigenvalue weighted by atomic mass is 35.5. The van der Waals surface area contributed by atoms with Gasteiger partial charge in [-0.05, 0) is 37.5 Å². The number of Topliss-reactive ketones (excluding diaryl/α,β-unsaturated/α-hetero) is 3. The summed E-state index contributed by atoms with van der Waals surface area (Å²) in [4.78, 5) is 55.1. The number of fused-ring (bicyclic) bond motifs is 3. The molecule has 6 N–H and O–H groups in total. The summed E-state index contributed by atoms with van der Waals surface area (Å²) >= 11 is 6.76. The van der Waals surface area contributed by atoms with Gasteiger partial charge in [0.05, 0.1) is 46.3 Å². The molecule has 2 heterocycles. The van der Waals surface area contributed by atoms with E-state index in [9.17, 15) is 49.8 Å². The number of methoxy groups -OCH3 is 1. The van der Waals surface area contributed by atoms with Crippen LogP contribution in [0, 0.1) is 11.3 Å². The zero-order valence-corrected chi connectivity index (χ0v) is 24.3. The zero-order valence-electron chi connectivity index (χ0n) is 23.6. The van der Waals surface area contributed by atoms with Gasteiger partial charge in [-0.1, -0.05) is 11.6 Å². The third kappa shape index (κ3) is 2.87. The predicted octanol–water partition coefficient (Wildman–Crippen LogP) is 1.61. The molecule has 0 amide bonds. The second-order valence-electron chi connectivity index (χ2n) is 12.7. The highest BCUT2D eigenvalue weighted by Crippen LogP contribution is 2.73. The number of ketones is 3. The molecular formula is C31H25ClO13. The van der Waals surface area contributed by atoms with Crippen LogP contribution < -0.4 is 4.74 Å². The summed E-state index contributed by atoms with van der Waals surface area (Å²) in [5, 5.41) is 67.2. The predicted molar refractivity (Wildman–Crippen MR) is 148 cm³/mol. The van der Waals surface area contributed by atoms with Gasteiger partial charge in [-0.15, -0.1) is 0 Å². The maximum Gasteiger partial charge on any atom is 0.358 e. The van der Waals surface area contributed by atoms with Crippen molar-refractivity contribution in [2.45, 2.75) is 61.6 Å². The first kappa shape index (κ1) is 28.3. The van der Waals surface area contributed by atoms with Gasteiger partial charge >= 0.3 is 5.97 Å². The molecule has 13 nitrogen and oxygen atoms in total. The number of hydrogen-bond acceptors (Lipinski definition) is 13. The Hall–Kier alpha value is -4.17. The van der Waals surface area contributed by atoms with E-state index in [0.717, 1.165) is 19.2 Å². The van der Waals surface area contributed by atoms with Crippen LogP contribution in [-0.4, -0.2) is 90.6 Å². The van der Waals surface area contributed by atoms with Crippen LogP contribution in [0.5, 0.6) is 23.0 Å². The summed E-state index contributed by atoms with van der Waals surface area (Å²) in [6, 6.07) is 2.12. The van der Waals surface area contributed by atoms with E-state index in [0.29, 0.717) is 0 Å². The fourth-order valence-electron chi connectivity index (χ4n) is 8.89. The molecule has 9 rings (SSSR count). The third-order valence-corrected chi connectivity index (χ3v) is 11.2. The number of hydrogen-bond donors (Lipinski definition) is 6. The van der Waals surface area contributed by atoms with E-state index in [1.807, 2.05) is 0 Å². The van der Waals surface area contributed by atoms with Gasteiger partial charge in [0.2, 0.25) is 0 Å². The number of phenolic OH excluding ortho intramolecular Hbond substituents is 3. The highest BCUT2D eigenvalue weighted by Gasteiger charge is 2.82. The van der Waals surface area contributed by atoms with Crippen LogP contribution in [0.2, 0.25) is 5.02 Å². The van der Waals surface area contributed by atoms with E-state index in [-0.39, 0.29) is 29.0 Å². The maximum absolute atomic E-state index is 14.5. The lowest BCUT2D eigenvalue weighted by atomic mass is 9.96. The lowest BCUT2D eigenvalue weighted by Gasteiger charge is -2.47. The number of rotatable bonds is 1. The quantitative estimate of drug-likeness (QED) is 0.111. The van der Waals surface area contributed by atoms with Gasteiger partial charge in [-0.3, -0.25) is 14.4 Å². The Bertz CT molecular complexity index is 1900. The number of carbonyl (C=O) groups excluding carboxylic acids is 4. The molecule has 2 aromatic carbocycles. The van der Waals surface area contributed by atoms with Crippen molar-refractivity contribution in [2.24, 2.45) is 11.3 Å². The molecule has 3 unspecified atom stereocenters. The van der Waals surface area contributed by atoms with Gasteiger partial charge in [0.15, 0.2) is 17.3 Å². The molecule has 2 aliphatic heterocycles. The largest absolute Gasteiger partial charge is 0.507 e. The minimum atomic E-state index is -2.57. The molecule has 2 saturated carbocycles. The van der Waals surface area contributed by atoms with Crippen molar-refractivity contribution in [3.8, 4) is 23.0 Å². The molecule has 5 aliphatic carbocycles. The van der Waals surface area contributed by atoms with E-state index in [1.165, 1.54) is 0 Å². The number of aliphatic hydroxyl groups is 3. The Kier molecular flexibility index (Phi) is 5.25. The maximum atomic E-state index is 14.5. The number of halogens is 1. The standard InChI is InChI=1S/C31H25ClO13/c1-29-18-13-8(7-30(27(29)45-29)19(24(18)40)21(37)14-9(33)3-4-10(34)15(14)26(30)41)20(32)23(39)16-22(38)17-11(35)5-6-12(36)31(17,28(42)43-2)44-25(13)16/h3-4,12,18-19,24,27,33-34,36,38-40H,5-7H2,1-2H3/t12?,18-,19?,24?,27+,29+,30+,31+/m1/s1/i1+1,3+1,5+1,7+1,10+1,12+1,13+1,14+1,16+1,17+1,18+1,19+1,20+1,26+1,27+1,28+1. The Morgan fingerprint density at radius 2 is 1.69 bits per heavy atom. The molecule has 1 saturated heterocycles. The monoisotopic (exact) mass is 656 g/mol. The SMILES string of the molecule is CO[13C](=O)[C@@]12Oc3[13c](c(O)[13c](Cl)c4[13c]3[13C@@H]3C(O)[13CH]5C(=O)[13c]6c(O)[13cH]c[13c](O)c6[13C](=O)[C@@]5([13CH2]4)[13C@H]4O[C@@]34[13CH3])C(O)=[13C]1C(=O)[13CH2]C[13CH]2O. The second-order valence-corrected chi connectivity index (χ2v) is 13.1. The van der Waals surface area contributed by atoms with Crippen molar-refractivity contribution in [2.75, 3.05) is 7.11 Å². The molecule has 0 radical (unpaired) electrons. The van der Waals surface area contributed by atoms with Gasteiger partial charge in [0.1, 0.15) is 52.1 Å². The Balaban J connectivity index is 1.46. The number of ether oxygens (including phenoxy) is 3. The Morgan fingerprint density at radius 1 is 1.02 bits per heavy atom. The van der Waals surface area contributed by atoms with Crippen molar-refractivity contribution in [1.29, 1.82) is 0 Å². The lowest BCUT2D eigenvalue weighted by Crippen LogP contribution is -2.62. The van der Waals surface area contributed by atoms with Crippen LogP contribution in [0.3, 0.4) is 0 Å². The second kappa shape index (κ2) is 8.35. The van der Waals surface area contributed by atoms with Crippen LogP contribution in [0.4, 0.5) is 0 Å². The number of epoxide rings is 1. The van der Waals surface area contributed by atoms with Gasteiger partial charge in [0.25, 0.3) is 5.60 Å². The van der Waals surface area contributed by atoms with E-state index in [1.54, 1.807) is 6.92 Å². The first-order valence-corrected chi connectivity index (χ1v) is 14.6. The van der Waals surface area contributed by atoms with Crippen molar-refractivity contribution in [1.82, 2.24) is 0 Å². The molecule has 3 fully saturated rings. The van der Waals surface area contributed by atoms with Crippen molar-refractivity contribution in [3.05, 3.63) is 50.5 Å². The summed E-state index contributed by atoms with van der Waals surface area (Å²) < 4.78 is 17.3. The minimum absolute atomic E-state index is 0.0197. The molecule has 45 heavy (non-hydrogen) atoms. The normalized spacial score (nSPS) is 36.9. The van der Waals surface area contributed by atoms with Gasteiger partial charge in [0, 0.05) is 17.9 Å². The fourth-order valence-corrected chi connectivity index (χ4v) is 9.16. The van der Waals surface area contributed by atoms with E-state index in [4.69, 9.17) is 25.8 Å². The Morgan fingerprint density at radius 3 is 2.36 bits per heavy atom. The van der Waals surface area contributed by atoms with Gasteiger partial charge in [-0.2, -0.15) is 0 Å². The smallest absolute Gasteiger partial charge is 0.358 e. The summed E-state index contributed by atoms with van der Waals surface area (Å²) in [7, 11) is 0.995. The van der Waals surface area contributed by atoms with E-state index < -0.39 is 128 Å². The molecular weight excluding hydrogens is 632 g/mol. The molecule has 2 aromatic rings. The van der Waals surface area contributed by atoms with Crippen LogP contribution in [0.25, 0.3) is 5.76 Å². The average molecular weight is 657 g/mol. The highest BCUT2D eigenvalue weighted by molar-refractivity contribution is 6.34. The van der Waals surface area contributed by atoms with Crippen molar-refractivity contribution in [3.63, 3.8) is 0 Å². The van der Waals surface area contributed by atoms with Gasteiger partial charge in [-0.25, -0.2) is 4.79 Å².